The zero-order valence-corrected chi connectivity index (χ0v) is 14.5. The van der Waals surface area contributed by atoms with E-state index in [0.29, 0.717) is 29.5 Å². The Bertz CT molecular complexity index is 653. The third-order valence-corrected chi connectivity index (χ3v) is 3.91. The molecule has 6 heteroatoms. The van der Waals surface area contributed by atoms with Crippen LogP contribution in [0.5, 0.6) is 5.75 Å². The highest BCUT2D eigenvalue weighted by Gasteiger charge is 2.34. The van der Waals surface area contributed by atoms with Crippen molar-refractivity contribution in [3.8, 4) is 5.75 Å². The Morgan fingerprint density at radius 2 is 2.00 bits per heavy atom. The van der Waals surface area contributed by atoms with E-state index in [-0.39, 0.29) is 18.3 Å². The smallest absolute Gasteiger partial charge is 0.328 e. The fourth-order valence-corrected chi connectivity index (χ4v) is 2.44. The summed E-state index contributed by atoms with van der Waals surface area (Å²) in [5.41, 5.74) is 0.879. The molecule has 0 fully saturated rings. The van der Waals surface area contributed by atoms with Crippen molar-refractivity contribution in [2.45, 2.75) is 40.2 Å². The molecule has 1 heterocycles. The second kappa shape index (κ2) is 7.47. The van der Waals surface area contributed by atoms with Crippen molar-refractivity contribution in [1.29, 1.82) is 0 Å². The van der Waals surface area contributed by atoms with Gasteiger partial charge in [0.2, 0.25) is 0 Å². The molecule has 0 saturated carbocycles. The van der Waals surface area contributed by atoms with Gasteiger partial charge in [0.15, 0.2) is 12.4 Å². The zero-order valence-electron chi connectivity index (χ0n) is 14.5. The fraction of sp³-hybridized carbons (Fsp3) is 0.500. The number of hydrogen-bond donors (Lipinski definition) is 0. The highest BCUT2D eigenvalue weighted by atomic mass is 16.5. The topological polar surface area (TPSA) is 72.9 Å². The third kappa shape index (κ3) is 3.93. The van der Waals surface area contributed by atoms with Crippen molar-refractivity contribution in [2.75, 3.05) is 18.1 Å². The van der Waals surface area contributed by atoms with E-state index in [0.717, 1.165) is 6.42 Å². The molecular formula is C18H23NO5. The van der Waals surface area contributed by atoms with E-state index >= 15 is 0 Å². The van der Waals surface area contributed by atoms with Gasteiger partial charge in [0.05, 0.1) is 12.3 Å². The number of hydrogen-bond acceptors (Lipinski definition) is 5. The molecule has 0 radical (unpaired) electrons. The van der Waals surface area contributed by atoms with E-state index in [1.165, 1.54) is 11.8 Å². The molecule has 1 atom stereocenters. The maximum Gasteiger partial charge on any atom is 0.328 e. The summed E-state index contributed by atoms with van der Waals surface area (Å²) in [7, 11) is 0. The molecule has 0 spiro atoms. The van der Waals surface area contributed by atoms with Crippen molar-refractivity contribution in [3.05, 3.63) is 23.8 Å². The molecule has 1 amide bonds. The molecule has 0 N–H and O–H groups in total. The number of anilines is 1. The van der Waals surface area contributed by atoms with Gasteiger partial charge in [-0.2, -0.15) is 0 Å². The quantitative estimate of drug-likeness (QED) is 0.591. The SMILES string of the molecule is CC(=O)c1ccc2c(c1)N(C(C)C(=O)OCCC(C)C)C(=O)CO2. The lowest BCUT2D eigenvalue weighted by Crippen LogP contribution is -2.48. The van der Waals surface area contributed by atoms with Crippen LogP contribution in [0.25, 0.3) is 0 Å². The normalized spacial score (nSPS) is 14.9. The second-order valence-corrected chi connectivity index (χ2v) is 6.32. The molecule has 1 aliphatic heterocycles. The highest BCUT2D eigenvalue weighted by Crippen LogP contribution is 2.34. The molecule has 2 rings (SSSR count). The lowest BCUT2D eigenvalue weighted by Gasteiger charge is -2.33. The minimum atomic E-state index is -0.783. The van der Waals surface area contributed by atoms with Crippen molar-refractivity contribution >= 4 is 23.3 Å². The van der Waals surface area contributed by atoms with Gasteiger partial charge in [-0.3, -0.25) is 14.5 Å². The molecule has 0 bridgehead atoms. The number of fused-ring (bicyclic) bond motifs is 1. The molecule has 0 aromatic heterocycles. The van der Waals surface area contributed by atoms with Gasteiger partial charge in [0.1, 0.15) is 11.8 Å². The number of ether oxygens (including phenoxy) is 2. The molecule has 0 aliphatic carbocycles. The first-order chi connectivity index (χ1) is 11.3. The van der Waals surface area contributed by atoms with Crippen LogP contribution in [0.3, 0.4) is 0 Å². The van der Waals surface area contributed by atoms with Gasteiger partial charge in [-0.05, 0) is 44.4 Å². The monoisotopic (exact) mass is 333 g/mol. The van der Waals surface area contributed by atoms with Crippen molar-refractivity contribution in [2.24, 2.45) is 5.92 Å². The molecule has 1 aromatic carbocycles. The van der Waals surface area contributed by atoms with E-state index in [2.05, 4.69) is 0 Å². The first-order valence-electron chi connectivity index (χ1n) is 8.07. The molecule has 1 aliphatic rings. The number of Topliss-reactive ketones (excluding diaryl/α,β-unsaturated/α-hetero) is 1. The van der Waals surface area contributed by atoms with Crippen LogP contribution in [0.15, 0.2) is 18.2 Å². The average Bonchev–Trinajstić information content (AvgIpc) is 2.53. The largest absolute Gasteiger partial charge is 0.482 e. The van der Waals surface area contributed by atoms with Gasteiger partial charge in [0, 0.05) is 5.56 Å². The number of benzene rings is 1. The average molecular weight is 333 g/mol. The predicted molar refractivity (Wildman–Crippen MR) is 89.3 cm³/mol. The first-order valence-corrected chi connectivity index (χ1v) is 8.07. The summed E-state index contributed by atoms with van der Waals surface area (Å²) in [6, 6.07) is 4.07. The lowest BCUT2D eigenvalue weighted by atomic mass is 10.1. The number of esters is 1. The summed E-state index contributed by atoms with van der Waals surface area (Å²) in [6.07, 6.45) is 0.764. The number of nitrogens with zero attached hydrogens (tertiary/aromatic N) is 1. The molecule has 24 heavy (non-hydrogen) atoms. The summed E-state index contributed by atoms with van der Waals surface area (Å²) in [4.78, 5) is 37.5. The highest BCUT2D eigenvalue weighted by molar-refractivity contribution is 6.04. The minimum Gasteiger partial charge on any atom is -0.482 e. The number of carbonyl (C=O) groups is 3. The third-order valence-electron chi connectivity index (χ3n) is 3.91. The van der Waals surface area contributed by atoms with E-state index in [1.807, 2.05) is 13.8 Å². The van der Waals surface area contributed by atoms with Crippen LogP contribution >= 0.6 is 0 Å². The van der Waals surface area contributed by atoms with E-state index in [1.54, 1.807) is 25.1 Å². The number of ketones is 1. The minimum absolute atomic E-state index is 0.122. The van der Waals surface area contributed by atoms with E-state index in [4.69, 9.17) is 9.47 Å². The van der Waals surface area contributed by atoms with Gasteiger partial charge < -0.3 is 9.47 Å². The molecule has 0 saturated heterocycles. The van der Waals surface area contributed by atoms with Crippen LogP contribution in [0.2, 0.25) is 0 Å². The van der Waals surface area contributed by atoms with Crippen LogP contribution < -0.4 is 9.64 Å². The Balaban J connectivity index is 2.23. The fourth-order valence-electron chi connectivity index (χ4n) is 2.44. The lowest BCUT2D eigenvalue weighted by molar-refractivity contribution is -0.146. The maximum atomic E-state index is 12.3. The van der Waals surface area contributed by atoms with Gasteiger partial charge in [-0.25, -0.2) is 4.79 Å². The molecule has 6 nitrogen and oxygen atoms in total. The maximum absolute atomic E-state index is 12.3. The van der Waals surface area contributed by atoms with Crippen LogP contribution in [0.4, 0.5) is 5.69 Å². The Labute approximate surface area is 141 Å². The van der Waals surface area contributed by atoms with Gasteiger partial charge in [-0.1, -0.05) is 13.8 Å². The summed E-state index contributed by atoms with van der Waals surface area (Å²) >= 11 is 0. The predicted octanol–water partition coefficient (Wildman–Crippen LogP) is 2.59. The Morgan fingerprint density at radius 3 is 2.62 bits per heavy atom. The van der Waals surface area contributed by atoms with Crippen LogP contribution in [-0.2, 0) is 14.3 Å². The van der Waals surface area contributed by atoms with E-state index < -0.39 is 12.0 Å². The summed E-state index contributed by atoms with van der Waals surface area (Å²) in [5.74, 6) is -0.0251. The number of carbonyl (C=O) groups excluding carboxylic acids is 3. The first kappa shape index (κ1) is 18.0. The summed E-state index contributed by atoms with van der Waals surface area (Å²) in [6.45, 7) is 7.33. The summed E-state index contributed by atoms with van der Waals surface area (Å²) in [5, 5.41) is 0. The standard InChI is InChI=1S/C18H23NO5/c1-11(2)7-8-23-18(22)12(3)19-15-9-14(13(4)20)5-6-16(15)24-10-17(19)21/h5-6,9,11-12H,7-8,10H2,1-4H3. The zero-order chi connectivity index (χ0) is 17.9. The van der Waals surface area contributed by atoms with Crippen molar-refractivity contribution in [3.63, 3.8) is 0 Å². The van der Waals surface area contributed by atoms with Crippen LogP contribution in [0, 0.1) is 5.92 Å². The van der Waals surface area contributed by atoms with E-state index in [9.17, 15) is 14.4 Å². The molecule has 1 aromatic rings. The Hall–Kier alpha value is -2.37. The van der Waals surface area contributed by atoms with Gasteiger partial charge in [-0.15, -0.1) is 0 Å². The van der Waals surface area contributed by atoms with Crippen molar-refractivity contribution < 1.29 is 23.9 Å². The van der Waals surface area contributed by atoms with Gasteiger partial charge >= 0.3 is 5.97 Å². The summed E-state index contributed by atoms with van der Waals surface area (Å²) < 4.78 is 10.7. The second-order valence-electron chi connectivity index (χ2n) is 6.32. The van der Waals surface area contributed by atoms with Gasteiger partial charge in [0.25, 0.3) is 5.91 Å². The Morgan fingerprint density at radius 1 is 1.29 bits per heavy atom. The molecule has 1 unspecified atom stereocenters. The van der Waals surface area contributed by atoms with Crippen LogP contribution in [-0.4, -0.2) is 36.9 Å². The molecular weight excluding hydrogens is 310 g/mol. The van der Waals surface area contributed by atoms with Crippen molar-refractivity contribution in [1.82, 2.24) is 0 Å². The number of amides is 1. The Kier molecular flexibility index (Phi) is 5.59. The van der Waals surface area contributed by atoms with Crippen LogP contribution in [0.1, 0.15) is 44.5 Å². The number of rotatable bonds is 6. The molecule has 130 valence electrons.